The molecule has 1 amide bonds. The quantitative estimate of drug-likeness (QED) is 0.777. The average molecular weight is 220 g/mol. The third-order valence-electron chi connectivity index (χ3n) is 1.51. The molecule has 0 aliphatic carbocycles. The second-order valence-electron chi connectivity index (χ2n) is 2.64. The van der Waals surface area contributed by atoms with Crippen LogP contribution in [-0.2, 0) is 0 Å². The third-order valence-corrected chi connectivity index (χ3v) is 2.24. The van der Waals surface area contributed by atoms with Crippen molar-refractivity contribution in [2.24, 2.45) is 0 Å². The Kier molecular flexibility index (Phi) is 4.11. The van der Waals surface area contributed by atoms with E-state index in [2.05, 4.69) is 14.9 Å². The summed E-state index contributed by atoms with van der Waals surface area (Å²) >= 11 is 6.69. The second kappa shape index (κ2) is 5.14. The van der Waals surface area contributed by atoms with Crippen LogP contribution in [0.2, 0.25) is 0 Å². The lowest BCUT2D eigenvalue weighted by atomic mass is 10.2. The Balaban J connectivity index is 2.42. The number of carbonyl (C=O) groups is 1. The standard InChI is InChI=1S/C7H10ClN3OS/c1-5(2-3-8)9-7(12)6-4-13-11-10-6/h4-5H,2-3H2,1H3,(H,9,12). The van der Waals surface area contributed by atoms with Gasteiger partial charge in [0, 0.05) is 17.3 Å². The van der Waals surface area contributed by atoms with E-state index in [1.807, 2.05) is 6.92 Å². The molecule has 0 saturated carbocycles. The topological polar surface area (TPSA) is 54.9 Å². The molecule has 0 spiro atoms. The van der Waals surface area contributed by atoms with Gasteiger partial charge in [-0.05, 0) is 24.9 Å². The van der Waals surface area contributed by atoms with Crippen LogP contribution in [0.3, 0.4) is 0 Å². The van der Waals surface area contributed by atoms with Gasteiger partial charge in [-0.2, -0.15) is 0 Å². The lowest BCUT2D eigenvalue weighted by molar-refractivity contribution is 0.0934. The number of nitrogens with zero attached hydrogens (tertiary/aromatic N) is 2. The van der Waals surface area contributed by atoms with E-state index >= 15 is 0 Å². The molecule has 0 radical (unpaired) electrons. The van der Waals surface area contributed by atoms with Crippen molar-refractivity contribution in [2.45, 2.75) is 19.4 Å². The van der Waals surface area contributed by atoms with Crippen LogP contribution < -0.4 is 5.32 Å². The molecule has 1 N–H and O–H groups in total. The Morgan fingerprint density at radius 3 is 3.15 bits per heavy atom. The first-order valence-corrected chi connectivity index (χ1v) is 5.25. The van der Waals surface area contributed by atoms with Crippen molar-refractivity contribution in [2.75, 3.05) is 5.88 Å². The molecule has 1 unspecified atom stereocenters. The smallest absolute Gasteiger partial charge is 0.272 e. The number of halogens is 1. The van der Waals surface area contributed by atoms with Gasteiger partial charge in [0.1, 0.15) is 0 Å². The first kappa shape index (κ1) is 10.4. The first-order valence-electron chi connectivity index (χ1n) is 3.88. The van der Waals surface area contributed by atoms with Gasteiger partial charge in [-0.15, -0.1) is 16.7 Å². The van der Waals surface area contributed by atoms with Crippen molar-refractivity contribution in [3.63, 3.8) is 0 Å². The maximum atomic E-state index is 11.3. The summed E-state index contributed by atoms with van der Waals surface area (Å²) < 4.78 is 3.60. The van der Waals surface area contributed by atoms with Gasteiger partial charge in [0.05, 0.1) is 0 Å². The highest BCUT2D eigenvalue weighted by atomic mass is 35.5. The highest BCUT2D eigenvalue weighted by Crippen LogP contribution is 1.99. The van der Waals surface area contributed by atoms with E-state index in [0.29, 0.717) is 11.6 Å². The van der Waals surface area contributed by atoms with E-state index in [1.54, 1.807) is 5.38 Å². The van der Waals surface area contributed by atoms with E-state index in [4.69, 9.17) is 11.6 Å². The summed E-state index contributed by atoms with van der Waals surface area (Å²) in [5, 5.41) is 8.03. The summed E-state index contributed by atoms with van der Waals surface area (Å²) in [6, 6.07) is 0.0756. The lowest BCUT2D eigenvalue weighted by Gasteiger charge is -2.09. The molecule has 0 aromatic carbocycles. The molecule has 4 nitrogen and oxygen atoms in total. The van der Waals surface area contributed by atoms with E-state index in [9.17, 15) is 4.79 Å². The maximum absolute atomic E-state index is 11.3. The molecule has 1 heterocycles. The molecule has 1 rings (SSSR count). The third kappa shape index (κ3) is 3.28. The summed E-state index contributed by atoms with van der Waals surface area (Å²) in [6.45, 7) is 1.90. The van der Waals surface area contributed by atoms with Gasteiger partial charge in [-0.1, -0.05) is 4.49 Å². The zero-order chi connectivity index (χ0) is 9.68. The van der Waals surface area contributed by atoms with Crippen molar-refractivity contribution in [1.82, 2.24) is 14.9 Å². The normalized spacial score (nSPS) is 12.5. The van der Waals surface area contributed by atoms with E-state index < -0.39 is 0 Å². The van der Waals surface area contributed by atoms with Gasteiger partial charge < -0.3 is 5.32 Å². The van der Waals surface area contributed by atoms with Crippen molar-refractivity contribution in [1.29, 1.82) is 0 Å². The summed E-state index contributed by atoms with van der Waals surface area (Å²) in [6.07, 6.45) is 0.755. The van der Waals surface area contributed by atoms with Crippen LogP contribution in [0.5, 0.6) is 0 Å². The fourth-order valence-electron chi connectivity index (χ4n) is 0.797. The highest BCUT2D eigenvalue weighted by molar-refractivity contribution is 7.03. The summed E-state index contributed by atoms with van der Waals surface area (Å²) in [7, 11) is 0. The van der Waals surface area contributed by atoms with Gasteiger partial charge in [-0.25, -0.2) is 0 Å². The number of amides is 1. The predicted molar refractivity (Wildman–Crippen MR) is 52.2 cm³/mol. The minimum absolute atomic E-state index is 0.0756. The molecular formula is C7H10ClN3OS. The van der Waals surface area contributed by atoms with Crippen LogP contribution in [0.15, 0.2) is 5.38 Å². The van der Waals surface area contributed by atoms with Gasteiger partial charge in [-0.3, -0.25) is 4.79 Å². The predicted octanol–water partition coefficient (Wildman–Crippen LogP) is 1.29. The Labute approximate surface area is 85.5 Å². The molecule has 0 bridgehead atoms. The number of hydrogen-bond donors (Lipinski definition) is 1. The van der Waals surface area contributed by atoms with Crippen molar-refractivity contribution >= 4 is 29.0 Å². The molecule has 1 aromatic rings. The van der Waals surface area contributed by atoms with Crippen LogP contribution in [0.25, 0.3) is 0 Å². The summed E-state index contributed by atoms with van der Waals surface area (Å²) in [4.78, 5) is 11.3. The van der Waals surface area contributed by atoms with Crippen LogP contribution in [0, 0.1) is 0 Å². The molecular weight excluding hydrogens is 210 g/mol. The number of aromatic nitrogens is 2. The monoisotopic (exact) mass is 219 g/mol. The lowest BCUT2D eigenvalue weighted by Crippen LogP contribution is -2.33. The summed E-state index contributed by atoms with van der Waals surface area (Å²) in [5.41, 5.74) is 0.367. The number of rotatable bonds is 4. The van der Waals surface area contributed by atoms with Crippen LogP contribution in [-0.4, -0.2) is 27.4 Å². The van der Waals surface area contributed by atoms with E-state index in [-0.39, 0.29) is 11.9 Å². The molecule has 1 aromatic heterocycles. The van der Waals surface area contributed by atoms with Gasteiger partial charge >= 0.3 is 0 Å². The molecule has 0 fully saturated rings. The van der Waals surface area contributed by atoms with Crippen molar-refractivity contribution < 1.29 is 4.79 Å². The number of alkyl halides is 1. The number of carbonyl (C=O) groups excluding carboxylic acids is 1. The van der Waals surface area contributed by atoms with E-state index in [0.717, 1.165) is 18.0 Å². The number of hydrogen-bond acceptors (Lipinski definition) is 4. The molecule has 6 heteroatoms. The minimum atomic E-state index is -0.189. The Hall–Kier alpha value is -0.680. The second-order valence-corrected chi connectivity index (χ2v) is 3.63. The molecule has 1 atom stereocenters. The van der Waals surface area contributed by atoms with Crippen molar-refractivity contribution in [3.05, 3.63) is 11.1 Å². The minimum Gasteiger partial charge on any atom is -0.348 e. The Morgan fingerprint density at radius 2 is 2.62 bits per heavy atom. The fourth-order valence-corrected chi connectivity index (χ4v) is 1.56. The Bertz CT molecular complexity index is 265. The van der Waals surface area contributed by atoms with E-state index in [1.165, 1.54) is 0 Å². The Morgan fingerprint density at radius 1 is 1.85 bits per heavy atom. The molecule has 72 valence electrons. The molecule has 0 aliphatic heterocycles. The molecule has 0 aliphatic rings. The fraction of sp³-hybridized carbons (Fsp3) is 0.571. The SMILES string of the molecule is CC(CCCl)NC(=O)c1csnn1. The van der Waals surface area contributed by atoms with Gasteiger partial charge in [0.25, 0.3) is 5.91 Å². The zero-order valence-corrected chi connectivity index (χ0v) is 8.73. The molecule has 0 saturated heterocycles. The van der Waals surface area contributed by atoms with Gasteiger partial charge in [0.15, 0.2) is 5.69 Å². The van der Waals surface area contributed by atoms with Crippen LogP contribution in [0.1, 0.15) is 23.8 Å². The highest BCUT2D eigenvalue weighted by Gasteiger charge is 2.11. The zero-order valence-electron chi connectivity index (χ0n) is 7.16. The van der Waals surface area contributed by atoms with Crippen molar-refractivity contribution in [3.8, 4) is 0 Å². The van der Waals surface area contributed by atoms with Crippen LogP contribution >= 0.6 is 23.1 Å². The molecule has 13 heavy (non-hydrogen) atoms. The largest absolute Gasteiger partial charge is 0.348 e. The average Bonchev–Trinajstić information content (AvgIpc) is 2.55. The number of nitrogens with one attached hydrogen (secondary N) is 1. The first-order chi connectivity index (χ1) is 6.24. The summed E-state index contributed by atoms with van der Waals surface area (Å²) in [5.74, 6) is 0.350. The van der Waals surface area contributed by atoms with Crippen LogP contribution in [0.4, 0.5) is 0 Å². The maximum Gasteiger partial charge on any atom is 0.272 e. The van der Waals surface area contributed by atoms with Gasteiger partial charge in [0.2, 0.25) is 0 Å².